The lowest BCUT2D eigenvalue weighted by atomic mass is 9.94. The van der Waals surface area contributed by atoms with Crippen LogP contribution in [0.25, 0.3) is 0 Å². The quantitative estimate of drug-likeness (QED) is 0.896. The molecule has 0 aliphatic carbocycles. The molecule has 1 unspecified atom stereocenters. The molecule has 1 aliphatic heterocycles. The van der Waals surface area contributed by atoms with Gasteiger partial charge in [0.15, 0.2) is 0 Å². The Morgan fingerprint density at radius 1 is 1.05 bits per heavy atom. The summed E-state index contributed by atoms with van der Waals surface area (Å²) in [5.74, 6) is 0.563. The Kier molecular flexibility index (Phi) is 3.22. The van der Waals surface area contributed by atoms with Gasteiger partial charge in [-0.3, -0.25) is 0 Å². The summed E-state index contributed by atoms with van der Waals surface area (Å²) in [5, 5.41) is 0. The number of benzene rings is 2. The van der Waals surface area contributed by atoms with Gasteiger partial charge in [0.05, 0.1) is 12.6 Å². The summed E-state index contributed by atoms with van der Waals surface area (Å²) in [4.78, 5) is 0. The van der Waals surface area contributed by atoms with Crippen LogP contribution in [0, 0.1) is 5.82 Å². The number of rotatable bonds is 2. The topological polar surface area (TPSA) is 35.2 Å². The van der Waals surface area contributed by atoms with Crippen LogP contribution in [0.1, 0.15) is 29.2 Å². The fourth-order valence-corrected chi connectivity index (χ4v) is 2.55. The van der Waals surface area contributed by atoms with E-state index in [-0.39, 0.29) is 5.82 Å². The first-order valence-electron chi connectivity index (χ1n) is 6.52. The van der Waals surface area contributed by atoms with Gasteiger partial charge in [-0.15, -0.1) is 0 Å². The third-order valence-electron chi connectivity index (χ3n) is 3.54. The molecule has 2 nitrogen and oxygen atoms in total. The van der Waals surface area contributed by atoms with Gasteiger partial charge >= 0.3 is 0 Å². The predicted molar refractivity (Wildman–Crippen MR) is 72.7 cm³/mol. The second-order valence-electron chi connectivity index (χ2n) is 4.79. The van der Waals surface area contributed by atoms with Gasteiger partial charge in [0, 0.05) is 11.1 Å². The first-order valence-corrected chi connectivity index (χ1v) is 6.52. The zero-order valence-corrected chi connectivity index (χ0v) is 10.6. The van der Waals surface area contributed by atoms with Gasteiger partial charge in [-0.2, -0.15) is 0 Å². The van der Waals surface area contributed by atoms with E-state index in [0.29, 0.717) is 12.2 Å². The van der Waals surface area contributed by atoms with Crippen molar-refractivity contribution in [2.45, 2.75) is 18.9 Å². The van der Waals surface area contributed by atoms with Gasteiger partial charge < -0.3 is 10.5 Å². The largest absolute Gasteiger partial charge is 0.493 e. The van der Waals surface area contributed by atoms with Gasteiger partial charge in [0.25, 0.3) is 0 Å². The van der Waals surface area contributed by atoms with Crippen LogP contribution < -0.4 is 10.5 Å². The number of nitrogens with two attached hydrogens (primary N) is 1. The van der Waals surface area contributed by atoms with Crippen LogP contribution in [0.5, 0.6) is 5.75 Å². The zero-order chi connectivity index (χ0) is 13.2. The monoisotopic (exact) mass is 257 g/mol. The molecule has 0 bridgehead atoms. The Bertz CT molecular complexity index is 597. The van der Waals surface area contributed by atoms with Gasteiger partial charge in [-0.25, -0.2) is 4.39 Å². The molecule has 98 valence electrons. The highest BCUT2D eigenvalue weighted by Crippen LogP contribution is 2.35. The van der Waals surface area contributed by atoms with Crippen molar-refractivity contribution in [2.75, 3.05) is 6.61 Å². The van der Waals surface area contributed by atoms with Crippen LogP contribution in [0.3, 0.4) is 0 Å². The summed E-state index contributed by atoms with van der Waals surface area (Å²) in [6, 6.07) is 12.1. The molecule has 0 amide bonds. The van der Waals surface area contributed by atoms with Crippen molar-refractivity contribution in [1.29, 1.82) is 0 Å². The Morgan fingerprint density at radius 3 is 2.68 bits per heavy atom. The first kappa shape index (κ1) is 12.2. The molecule has 19 heavy (non-hydrogen) atoms. The third-order valence-corrected chi connectivity index (χ3v) is 3.54. The van der Waals surface area contributed by atoms with Crippen molar-refractivity contribution < 1.29 is 9.13 Å². The van der Waals surface area contributed by atoms with Gasteiger partial charge in [0.1, 0.15) is 11.6 Å². The van der Waals surface area contributed by atoms with E-state index in [4.69, 9.17) is 10.5 Å². The van der Waals surface area contributed by atoms with Crippen molar-refractivity contribution in [3.8, 4) is 5.75 Å². The molecule has 2 aromatic rings. The minimum atomic E-state index is -0.491. The van der Waals surface area contributed by atoms with Crippen LogP contribution in [-0.2, 0) is 6.42 Å². The molecule has 0 radical (unpaired) electrons. The molecule has 0 saturated heterocycles. The van der Waals surface area contributed by atoms with E-state index in [1.807, 2.05) is 18.2 Å². The summed E-state index contributed by atoms with van der Waals surface area (Å²) < 4.78 is 19.6. The number of ether oxygens (including phenoxy) is 1. The molecule has 3 rings (SSSR count). The minimum Gasteiger partial charge on any atom is -0.493 e. The standard InChI is InChI=1S/C16H16FNO/c17-14-9-2-1-7-12(14)15(18)13-8-3-5-11-6-4-10-19-16(11)13/h1-3,5,7-9,15H,4,6,10,18H2. The Balaban J connectivity index is 2.05. The van der Waals surface area contributed by atoms with Crippen molar-refractivity contribution in [2.24, 2.45) is 5.73 Å². The van der Waals surface area contributed by atoms with E-state index < -0.39 is 6.04 Å². The lowest BCUT2D eigenvalue weighted by Crippen LogP contribution is -2.18. The maximum absolute atomic E-state index is 13.8. The van der Waals surface area contributed by atoms with Crippen molar-refractivity contribution in [3.63, 3.8) is 0 Å². The average Bonchev–Trinajstić information content (AvgIpc) is 2.46. The van der Waals surface area contributed by atoms with Gasteiger partial charge in [-0.1, -0.05) is 36.4 Å². The molecule has 2 N–H and O–H groups in total. The Morgan fingerprint density at radius 2 is 1.84 bits per heavy atom. The first-order chi connectivity index (χ1) is 9.27. The maximum atomic E-state index is 13.8. The SMILES string of the molecule is NC(c1ccccc1F)c1cccc2c1OCCC2. The second kappa shape index (κ2) is 5.02. The van der Waals surface area contributed by atoms with Crippen LogP contribution in [0.4, 0.5) is 4.39 Å². The lowest BCUT2D eigenvalue weighted by Gasteiger charge is -2.23. The zero-order valence-electron chi connectivity index (χ0n) is 10.6. The van der Waals surface area contributed by atoms with Crippen LogP contribution in [0.2, 0.25) is 0 Å². The Hall–Kier alpha value is -1.87. The number of hydrogen-bond donors (Lipinski definition) is 1. The molecular weight excluding hydrogens is 241 g/mol. The number of para-hydroxylation sites is 1. The molecule has 0 fully saturated rings. The summed E-state index contributed by atoms with van der Waals surface area (Å²) in [6.45, 7) is 0.702. The van der Waals surface area contributed by atoms with Crippen LogP contribution in [0.15, 0.2) is 42.5 Å². The summed E-state index contributed by atoms with van der Waals surface area (Å²) in [6.07, 6.45) is 2.01. The summed E-state index contributed by atoms with van der Waals surface area (Å²) in [5.41, 5.74) is 8.75. The molecule has 1 heterocycles. The molecular formula is C16H16FNO. The van der Waals surface area contributed by atoms with Gasteiger partial charge in [0.2, 0.25) is 0 Å². The lowest BCUT2D eigenvalue weighted by molar-refractivity contribution is 0.284. The fraction of sp³-hybridized carbons (Fsp3) is 0.250. The van der Waals surface area contributed by atoms with Crippen LogP contribution in [-0.4, -0.2) is 6.61 Å². The third kappa shape index (κ3) is 2.22. The number of fused-ring (bicyclic) bond motifs is 1. The number of hydrogen-bond acceptors (Lipinski definition) is 2. The van der Waals surface area contributed by atoms with E-state index in [1.165, 1.54) is 6.07 Å². The average molecular weight is 257 g/mol. The fourth-order valence-electron chi connectivity index (χ4n) is 2.55. The predicted octanol–water partition coefficient (Wildman–Crippen LogP) is 3.20. The Labute approximate surface area is 112 Å². The molecule has 1 aliphatic rings. The van der Waals surface area contributed by atoms with E-state index in [2.05, 4.69) is 0 Å². The number of aryl methyl sites for hydroxylation is 1. The van der Waals surface area contributed by atoms with E-state index in [0.717, 1.165) is 29.7 Å². The molecule has 0 aromatic heterocycles. The molecule has 2 aromatic carbocycles. The molecule has 0 saturated carbocycles. The smallest absolute Gasteiger partial charge is 0.128 e. The summed E-state index contributed by atoms with van der Waals surface area (Å²) in [7, 11) is 0. The minimum absolute atomic E-state index is 0.275. The van der Waals surface area contributed by atoms with E-state index in [9.17, 15) is 4.39 Å². The van der Waals surface area contributed by atoms with Crippen LogP contribution >= 0.6 is 0 Å². The molecule has 1 atom stereocenters. The van der Waals surface area contributed by atoms with E-state index >= 15 is 0 Å². The van der Waals surface area contributed by atoms with E-state index in [1.54, 1.807) is 18.2 Å². The number of halogens is 1. The molecule has 3 heteroatoms. The maximum Gasteiger partial charge on any atom is 0.128 e. The van der Waals surface area contributed by atoms with Crippen molar-refractivity contribution in [1.82, 2.24) is 0 Å². The highest BCUT2D eigenvalue weighted by atomic mass is 19.1. The summed E-state index contributed by atoms with van der Waals surface area (Å²) >= 11 is 0. The normalized spacial score (nSPS) is 15.5. The van der Waals surface area contributed by atoms with Crippen molar-refractivity contribution in [3.05, 3.63) is 65.0 Å². The second-order valence-corrected chi connectivity index (χ2v) is 4.79. The van der Waals surface area contributed by atoms with Crippen molar-refractivity contribution >= 4 is 0 Å². The highest BCUT2D eigenvalue weighted by molar-refractivity contribution is 5.47. The highest BCUT2D eigenvalue weighted by Gasteiger charge is 2.21. The molecule has 0 spiro atoms. The van der Waals surface area contributed by atoms with Gasteiger partial charge in [-0.05, 0) is 24.5 Å².